The highest BCUT2D eigenvalue weighted by atomic mass is 19.2. The fourth-order valence-electron chi connectivity index (χ4n) is 6.30. The third kappa shape index (κ3) is 7.68. The zero-order valence-corrected chi connectivity index (χ0v) is 28.4. The number of pyridine rings is 2. The summed E-state index contributed by atoms with van der Waals surface area (Å²) in [4.78, 5) is 33.5. The average Bonchev–Trinajstić information content (AvgIpc) is 3.20. The van der Waals surface area contributed by atoms with Gasteiger partial charge in [0, 0.05) is 65.3 Å². The summed E-state index contributed by atoms with van der Waals surface area (Å²) in [5.74, 6) is -3.81. The standard InChI is InChI=1S/C21H16F2N2O2.C21H14F2N2O2/c2*22-18-5-4-14(12-19(18)23)25-21(26)17-3-1-2-16-15(8-11-27-20(16)17)13-6-9-24-10-7-13/h1-7,9-10,12,15H,8,11H2,(H,25,26);1-10,12H,11H2,(H,25,26). The Bertz CT molecular complexity index is 2370. The van der Waals surface area contributed by atoms with Gasteiger partial charge in [-0.2, -0.15) is 0 Å². The summed E-state index contributed by atoms with van der Waals surface area (Å²) >= 11 is 0. The fourth-order valence-corrected chi connectivity index (χ4v) is 6.30. The van der Waals surface area contributed by atoms with E-state index in [1.54, 1.807) is 49.1 Å². The van der Waals surface area contributed by atoms with Gasteiger partial charge in [-0.3, -0.25) is 19.6 Å². The van der Waals surface area contributed by atoms with E-state index in [1.807, 2.05) is 42.5 Å². The molecule has 2 amide bonds. The number of halogens is 4. The highest BCUT2D eigenvalue weighted by Gasteiger charge is 2.27. The van der Waals surface area contributed by atoms with Gasteiger partial charge >= 0.3 is 0 Å². The highest BCUT2D eigenvalue weighted by Crippen LogP contribution is 2.40. The molecule has 8 rings (SSSR count). The van der Waals surface area contributed by atoms with Gasteiger partial charge in [0.05, 0.1) is 17.7 Å². The highest BCUT2D eigenvalue weighted by molar-refractivity contribution is 6.08. The fraction of sp³-hybridized carbons (Fsp3) is 0.0952. The number of nitrogens with one attached hydrogen (secondary N) is 2. The number of fused-ring (bicyclic) bond motifs is 2. The van der Waals surface area contributed by atoms with Gasteiger partial charge in [-0.05, 0) is 89.9 Å². The molecular formula is C42H30F4N4O4. The van der Waals surface area contributed by atoms with Gasteiger partial charge in [0.25, 0.3) is 11.8 Å². The van der Waals surface area contributed by atoms with Crippen LogP contribution in [0.25, 0.3) is 5.57 Å². The predicted octanol–water partition coefficient (Wildman–Crippen LogP) is 8.96. The van der Waals surface area contributed by atoms with E-state index in [1.165, 1.54) is 12.1 Å². The predicted molar refractivity (Wildman–Crippen MR) is 195 cm³/mol. The van der Waals surface area contributed by atoms with Crippen molar-refractivity contribution in [3.8, 4) is 11.5 Å². The maximum absolute atomic E-state index is 13.4. The topological polar surface area (TPSA) is 102 Å². The molecule has 2 aliphatic rings. The molecule has 1 unspecified atom stereocenters. The van der Waals surface area contributed by atoms with Crippen molar-refractivity contribution < 1.29 is 36.6 Å². The molecule has 0 spiro atoms. The lowest BCUT2D eigenvalue weighted by Gasteiger charge is -2.27. The number of para-hydroxylation sites is 2. The monoisotopic (exact) mass is 730 g/mol. The van der Waals surface area contributed by atoms with Crippen LogP contribution < -0.4 is 20.1 Å². The lowest BCUT2D eigenvalue weighted by atomic mass is 9.86. The first-order valence-corrected chi connectivity index (χ1v) is 16.8. The Labute approximate surface area is 307 Å². The van der Waals surface area contributed by atoms with Gasteiger partial charge < -0.3 is 20.1 Å². The van der Waals surface area contributed by atoms with Crippen LogP contribution in [0.1, 0.15) is 55.3 Å². The van der Waals surface area contributed by atoms with E-state index < -0.39 is 35.1 Å². The summed E-state index contributed by atoms with van der Waals surface area (Å²) in [6.45, 7) is 0.801. The quantitative estimate of drug-likeness (QED) is 0.166. The van der Waals surface area contributed by atoms with E-state index >= 15 is 0 Å². The second kappa shape index (κ2) is 15.8. The molecule has 4 heterocycles. The molecule has 0 saturated carbocycles. The molecule has 2 N–H and O–H groups in total. The van der Waals surface area contributed by atoms with Gasteiger partial charge in [0.1, 0.15) is 18.1 Å². The van der Waals surface area contributed by atoms with E-state index in [9.17, 15) is 27.2 Å². The van der Waals surface area contributed by atoms with Crippen LogP contribution >= 0.6 is 0 Å². The number of hydrogen-bond acceptors (Lipinski definition) is 6. The number of hydrogen-bond donors (Lipinski definition) is 2. The molecule has 2 aliphatic heterocycles. The third-order valence-corrected chi connectivity index (χ3v) is 8.84. The van der Waals surface area contributed by atoms with Crippen LogP contribution in [0.5, 0.6) is 11.5 Å². The molecule has 0 saturated heterocycles. The second-order valence-corrected chi connectivity index (χ2v) is 12.2. The molecule has 2 aromatic heterocycles. The molecule has 12 heteroatoms. The second-order valence-electron chi connectivity index (χ2n) is 12.2. The van der Waals surface area contributed by atoms with Crippen LogP contribution in [0.4, 0.5) is 28.9 Å². The van der Waals surface area contributed by atoms with E-state index in [4.69, 9.17) is 9.47 Å². The zero-order chi connectivity index (χ0) is 37.6. The Hall–Kier alpha value is -6.82. The summed E-state index contributed by atoms with van der Waals surface area (Å²) in [5.41, 5.74) is 5.74. The van der Waals surface area contributed by atoms with Gasteiger partial charge in [-0.15, -0.1) is 0 Å². The first-order valence-electron chi connectivity index (χ1n) is 16.8. The Morgan fingerprint density at radius 1 is 0.630 bits per heavy atom. The number of carbonyl (C=O) groups excluding carboxylic acids is 2. The molecule has 0 bridgehead atoms. The van der Waals surface area contributed by atoms with E-state index in [2.05, 4.69) is 20.6 Å². The Kier molecular flexibility index (Phi) is 10.4. The number of nitrogens with zero attached hydrogens (tertiary/aromatic N) is 2. The van der Waals surface area contributed by atoms with Crippen LogP contribution in [0, 0.1) is 23.3 Å². The largest absolute Gasteiger partial charge is 0.492 e. The van der Waals surface area contributed by atoms with Crippen molar-refractivity contribution in [3.63, 3.8) is 0 Å². The zero-order valence-electron chi connectivity index (χ0n) is 28.4. The normalized spacial score (nSPS) is 14.1. The lowest BCUT2D eigenvalue weighted by Crippen LogP contribution is -2.20. The number of benzene rings is 4. The summed E-state index contributed by atoms with van der Waals surface area (Å²) in [5, 5.41) is 5.17. The van der Waals surface area contributed by atoms with Crippen molar-refractivity contribution in [2.45, 2.75) is 12.3 Å². The van der Waals surface area contributed by atoms with Crippen LogP contribution in [0.15, 0.2) is 128 Å². The molecule has 0 aliphatic carbocycles. The number of carbonyl (C=O) groups is 2. The van der Waals surface area contributed by atoms with Crippen LogP contribution in [-0.4, -0.2) is 35.0 Å². The molecule has 6 aromatic rings. The Morgan fingerprint density at radius 2 is 1.20 bits per heavy atom. The number of ether oxygens (including phenoxy) is 2. The minimum Gasteiger partial charge on any atom is -0.492 e. The van der Waals surface area contributed by atoms with Gasteiger partial charge in [-0.1, -0.05) is 24.3 Å². The van der Waals surface area contributed by atoms with Crippen molar-refractivity contribution in [1.82, 2.24) is 9.97 Å². The molecule has 270 valence electrons. The number of anilines is 2. The number of aromatic nitrogens is 2. The summed E-state index contributed by atoms with van der Waals surface area (Å²) in [7, 11) is 0. The Morgan fingerprint density at radius 3 is 1.81 bits per heavy atom. The van der Waals surface area contributed by atoms with Crippen LogP contribution in [0.3, 0.4) is 0 Å². The molecular weight excluding hydrogens is 700 g/mol. The molecule has 8 nitrogen and oxygen atoms in total. The van der Waals surface area contributed by atoms with Crippen molar-refractivity contribution >= 4 is 28.8 Å². The summed E-state index contributed by atoms with van der Waals surface area (Å²) < 4.78 is 64.4. The first-order chi connectivity index (χ1) is 26.3. The molecule has 4 aromatic carbocycles. The van der Waals surface area contributed by atoms with E-state index in [0.717, 1.165) is 58.5 Å². The van der Waals surface area contributed by atoms with Crippen molar-refractivity contribution in [1.29, 1.82) is 0 Å². The molecule has 0 radical (unpaired) electrons. The number of rotatable bonds is 6. The maximum atomic E-state index is 13.4. The maximum Gasteiger partial charge on any atom is 0.259 e. The third-order valence-electron chi connectivity index (χ3n) is 8.84. The van der Waals surface area contributed by atoms with Crippen molar-refractivity contribution in [2.75, 3.05) is 23.8 Å². The van der Waals surface area contributed by atoms with Gasteiger partial charge in [0.15, 0.2) is 23.3 Å². The van der Waals surface area contributed by atoms with Crippen molar-refractivity contribution in [3.05, 3.63) is 185 Å². The molecule has 54 heavy (non-hydrogen) atoms. The molecule has 1 atom stereocenters. The lowest BCUT2D eigenvalue weighted by molar-refractivity contribution is 0.101. The number of amides is 2. The summed E-state index contributed by atoms with van der Waals surface area (Å²) in [6.07, 6.45) is 9.62. The summed E-state index contributed by atoms with van der Waals surface area (Å²) in [6, 6.07) is 24.7. The van der Waals surface area contributed by atoms with E-state index in [0.29, 0.717) is 35.8 Å². The minimum atomic E-state index is -1.03. The Balaban J connectivity index is 0.000000167. The van der Waals surface area contributed by atoms with E-state index in [-0.39, 0.29) is 17.3 Å². The average molecular weight is 731 g/mol. The van der Waals surface area contributed by atoms with Crippen molar-refractivity contribution in [2.24, 2.45) is 0 Å². The minimum absolute atomic E-state index is 0.104. The SMILES string of the molecule is O=C(Nc1ccc(F)c(F)c1)c1cccc2c1OCC=C2c1ccncc1.O=C(Nc1ccc(F)c(F)c1)c1cccc2c1OCCC2c1ccncc1. The van der Waals surface area contributed by atoms with Crippen LogP contribution in [0.2, 0.25) is 0 Å². The smallest absolute Gasteiger partial charge is 0.259 e. The van der Waals surface area contributed by atoms with Crippen LogP contribution in [-0.2, 0) is 0 Å². The first kappa shape index (κ1) is 35.6. The van der Waals surface area contributed by atoms with Gasteiger partial charge in [0.2, 0.25) is 0 Å². The van der Waals surface area contributed by atoms with Gasteiger partial charge in [-0.25, -0.2) is 17.6 Å². The molecule has 0 fully saturated rings.